The molecule has 3 aromatic rings. The largest absolute Gasteiger partial charge is 0.459 e. The number of nitrogens with two attached hydrogens (primary N) is 1. The van der Waals surface area contributed by atoms with Crippen LogP contribution in [0.15, 0.2) is 71.3 Å². The molecule has 8 nitrogen and oxygen atoms in total. The van der Waals surface area contributed by atoms with Crippen LogP contribution in [-0.4, -0.2) is 17.8 Å². The molecule has 0 fully saturated rings. The van der Waals surface area contributed by atoms with E-state index < -0.39 is 11.9 Å². The Balaban J connectivity index is 1.66. The number of hydrogen-bond acceptors (Lipinski definition) is 4. The van der Waals surface area contributed by atoms with Crippen molar-refractivity contribution in [2.24, 2.45) is 5.73 Å². The van der Waals surface area contributed by atoms with Gasteiger partial charge in [-0.05, 0) is 54.6 Å². The zero-order valence-electron chi connectivity index (χ0n) is 14.1. The molecule has 0 saturated heterocycles. The number of carbonyl (C=O) groups is 3. The molecule has 0 radical (unpaired) electrons. The van der Waals surface area contributed by atoms with Crippen LogP contribution >= 0.6 is 0 Å². The summed E-state index contributed by atoms with van der Waals surface area (Å²) in [5.74, 6) is -0.579. The van der Waals surface area contributed by atoms with Gasteiger partial charge in [-0.1, -0.05) is 6.07 Å². The van der Waals surface area contributed by atoms with Crippen LogP contribution in [0, 0.1) is 0 Å². The molecule has 1 aromatic heterocycles. The molecule has 5 N–H and O–H groups in total. The van der Waals surface area contributed by atoms with Crippen LogP contribution in [0.5, 0.6) is 0 Å². The summed E-state index contributed by atoms with van der Waals surface area (Å²) in [5.41, 5.74) is 6.93. The number of amides is 4. The predicted octanol–water partition coefficient (Wildman–Crippen LogP) is 3.27. The Kier molecular flexibility index (Phi) is 5.17. The van der Waals surface area contributed by atoms with E-state index in [0.717, 1.165) is 0 Å². The van der Waals surface area contributed by atoms with Crippen molar-refractivity contribution in [1.29, 1.82) is 0 Å². The highest BCUT2D eigenvalue weighted by atomic mass is 16.3. The van der Waals surface area contributed by atoms with Gasteiger partial charge in [-0.2, -0.15) is 0 Å². The first-order valence-corrected chi connectivity index (χ1v) is 7.94. The van der Waals surface area contributed by atoms with Crippen molar-refractivity contribution in [1.82, 2.24) is 0 Å². The molecule has 0 unspecified atom stereocenters. The fourth-order valence-corrected chi connectivity index (χ4v) is 2.32. The summed E-state index contributed by atoms with van der Waals surface area (Å²) in [6.45, 7) is 0. The maximum absolute atomic E-state index is 12.4. The third kappa shape index (κ3) is 4.73. The van der Waals surface area contributed by atoms with Crippen molar-refractivity contribution in [3.63, 3.8) is 0 Å². The highest BCUT2D eigenvalue weighted by molar-refractivity contribution is 6.06. The van der Waals surface area contributed by atoms with E-state index in [9.17, 15) is 14.4 Å². The first-order chi connectivity index (χ1) is 13.0. The van der Waals surface area contributed by atoms with Crippen molar-refractivity contribution in [3.8, 4) is 0 Å². The Hall–Kier alpha value is -4.07. The second-order valence-corrected chi connectivity index (χ2v) is 5.53. The Labute approximate surface area is 154 Å². The minimum Gasteiger partial charge on any atom is -0.459 e. The summed E-state index contributed by atoms with van der Waals surface area (Å²) in [6.07, 6.45) is 1.41. The highest BCUT2D eigenvalue weighted by Gasteiger charge is 2.11. The molecule has 0 spiro atoms. The summed E-state index contributed by atoms with van der Waals surface area (Å²) in [4.78, 5) is 35.2. The van der Waals surface area contributed by atoms with Crippen LogP contribution < -0.4 is 21.7 Å². The van der Waals surface area contributed by atoms with Crippen molar-refractivity contribution >= 4 is 34.9 Å². The van der Waals surface area contributed by atoms with Crippen LogP contribution in [0.4, 0.5) is 21.9 Å². The molecular weight excluding hydrogens is 348 g/mol. The lowest BCUT2D eigenvalue weighted by Gasteiger charge is -2.09. The van der Waals surface area contributed by atoms with E-state index in [0.29, 0.717) is 22.6 Å². The van der Waals surface area contributed by atoms with E-state index in [4.69, 9.17) is 10.2 Å². The van der Waals surface area contributed by atoms with Gasteiger partial charge in [-0.15, -0.1) is 0 Å². The summed E-state index contributed by atoms with van der Waals surface area (Å²) < 4.78 is 5.03. The van der Waals surface area contributed by atoms with E-state index in [1.807, 2.05) is 0 Å². The van der Waals surface area contributed by atoms with Gasteiger partial charge in [0.2, 0.25) is 0 Å². The molecule has 27 heavy (non-hydrogen) atoms. The Bertz CT molecular complexity index is 966. The lowest BCUT2D eigenvalue weighted by atomic mass is 10.1. The highest BCUT2D eigenvalue weighted by Crippen LogP contribution is 2.17. The third-order valence-corrected chi connectivity index (χ3v) is 3.54. The molecule has 0 aliphatic rings. The first kappa shape index (κ1) is 17.7. The standard InChI is InChI=1S/C19H16N4O4/c20-19(26)23-14-8-6-13(7-9-14)21-17(24)12-3-1-4-15(11-12)22-18(25)16-5-2-10-27-16/h1-11H,(H,21,24)(H,22,25)(H3,20,23,26). The Morgan fingerprint density at radius 2 is 1.41 bits per heavy atom. The van der Waals surface area contributed by atoms with E-state index in [1.165, 1.54) is 6.26 Å². The zero-order valence-corrected chi connectivity index (χ0v) is 14.1. The van der Waals surface area contributed by atoms with Crippen molar-refractivity contribution in [3.05, 3.63) is 78.3 Å². The summed E-state index contributed by atoms with van der Waals surface area (Å²) in [5, 5.41) is 7.83. The van der Waals surface area contributed by atoms with Crippen molar-refractivity contribution < 1.29 is 18.8 Å². The summed E-state index contributed by atoms with van der Waals surface area (Å²) in [6, 6.07) is 15.5. The SMILES string of the molecule is NC(=O)Nc1ccc(NC(=O)c2cccc(NC(=O)c3ccco3)c2)cc1. The molecule has 136 valence electrons. The molecule has 8 heteroatoms. The number of benzene rings is 2. The van der Waals surface area contributed by atoms with Gasteiger partial charge in [-0.3, -0.25) is 9.59 Å². The molecule has 0 atom stereocenters. The van der Waals surface area contributed by atoms with Crippen molar-refractivity contribution in [2.75, 3.05) is 16.0 Å². The van der Waals surface area contributed by atoms with Crippen LogP contribution in [0.1, 0.15) is 20.9 Å². The average molecular weight is 364 g/mol. The van der Waals surface area contributed by atoms with Crippen LogP contribution in [0.2, 0.25) is 0 Å². The maximum Gasteiger partial charge on any atom is 0.316 e. The number of rotatable bonds is 5. The lowest BCUT2D eigenvalue weighted by Crippen LogP contribution is -2.19. The summed E-state index contributed by atoms with van der Waals surface area (Å²) >= 11 is 0. The predicted molar refractivity (Wildman–Crippen MR) is 101 cm³/mol. The van der Waals surface area contributed by atoms with Crippen LogP contribution in [0.25, 0.3) is 0 Å². The number of anilines is 3. The number of hydrogen-bond donors (Lipinski definition) is 4. The number of nitrogens with one attached hydrogen (secondary N) is 3. The normalized spacial score (nSPS) is 10.1. The van der Waals surface area contributed by atoms with Gasteiger partial charge < -0.3 is 26.1 Å². The smallest absolute Gasteiger partial charge is 0.316 e. The van der Waals surface area contributed by atoms with Crippen molar-refractivity contribution in [2.45, 2.75) is 0 Å². The summed E-state index contributed by atoms with van der Waals surface area (Å²) in [7, 11) is 0. The topological polar surface area (TPSA) is 126 Å². The maximum atomic E-state index is 12.4. The Morgan fingerprint density at radius 1 is 0.741 bits per heavy atom. The van der Waals surface area contributed by atoms with E-state index in [-0.39, 0.29) is 11.7 Å². The minimum absolute atomic E-state index is 0.175. The fraction of sp³-hybridized carbons (Fsp3) is 0. The molecular formula is C19H16N4O4. The average Bonchev–Trinajstić information content (AvgIpc) is 3.18. The van der Waals surface area contributed by atoms with Gasteiger partial charge >= 0.3 is 6.03 Å². The molecule has 0 aliphatic carbocycles. The second-order valence-electron chi connectivity index (χ2n) is 5.53. The van der Waals surface area contributed by atoms with E-state index >= 15 is 0 Å². The van der Waals surface area contributed by atoms with Crippen LogP contribution in [0.3, 0.4) is 0 Å². The molecule has 0 bridgehead atoms. The van der Waals surface area contributed by atoms with Gasteiger partial charge in [0.1, 0.15) is 0 Å². The monoisotopic (exact) mass is 364 g/mol. The molecule has 1 heterocycles. The van der Waals surface area contributed by atoms with Gasteiger partial charge in [-0.25, -0.2) is 4.79 Å². The third-order valence-electron chi connectivity index (χ3n) is 3.54. The number of primary amides is 1. The quantitative estimate of drug-likeness (QED) is 0.554. The number of furan rings is 1. The second kappa shape index (κ2) is 7.87. The molecule has 3 rings (SSSR count). The zero-order chi connectivity index (χ0) is 19.2. The number of urea groups is 1. The van der Waals surface area contributed by atoms with Gasteiger partial charge in [0.15, 0.2) is 5.76 Å². The molecule has 4 amide bonds. The first-order valence-electron chi connectivity index (χ1n) is 7.94. The fourth-order valence-electron chi connectivity index (χ4n) is 2.32. The van der Waals surface area contributed by atoms with Crippen LogP contribution in [-0.2, 0) is 0 Å². The van der Waals surface area contributed by atoms with Gasteiger partial charge in [0.05, 0.1) is 6.26 Å². The minimum atomic E-state index is -0.666. The lowest BCUT2D eigenvalue weighted by molar-refractivity contribution is 0.0993. The molecule has 0 aliphatic heterocycles. The molecule has 0 saturated carbocycles. The number of carbonyl (C=O) groups excluding carboxylic acids is 3. The molecule has 2 aromatic carbocycles. The van der Waals surface area contributed by atoms with Gasteiger partial charge in [0, 0.05) is 22.6 Å². The van der Waals surface area contributed by atoms with Gasteiger partial charge in [0.25, 0.3) is 11.8 Å². The van der Waals surface area contributed by atoms with E-state index in [2.05, 4.69) is 16.0 Å². The Morgan fingerprint density at radius 3 is 2.04 bits per heavy atom. The van der Waals surface area contributed by atoms with E-state index in [1.54, 1.807) is 60.7 Å².